The Morgan fingerprint density at radius 3 is 1.41 bits per heavy atom. The Bertz CT molecular complexity index is 2860. The van der Waals surface area contributed by atoms with Gasteiger partial charge in [-0.25, -0.2) is 0 Å². The molecule has 0 aliphatic rings. The molecule has 70 heavy (non-hydrogen) atoms. The molecule has 4 amide bonds. The van der Waals surface area contributed by atoms with Crippen molar-refractivity contribution < 1.29 is 38.2 Å². The van der Waals surface area contributed by atoms with Crippen molar-refractivity contribution >= 4 is 127 Å². The predicted molar refractivity (Wildman–Crippen MR) is 274 cm³/mol. The summed E-state index contributed by atoms with van der Waals surface area (Å²) in [5.41, 5.74) is 2.97. The molecule has 16 nitrogen and oxygen atoms in total. The average Bonchev–Trinajstić information content (AvgIpc) is 3.30. The first kappa shape index (κ1) is 54.5. The summed E-state index contributed by atoms with van der Waals surface area (Å²) in [5, 5.41) is 26.2. The Balaban J connectivity index is 1.27. The molecule has 5 rings (SSSR count). The van der Waals surface area contributed by atoms with Crippen LogP contribution in [0.4, 0.5) is 34.1 Å². The minimum Gasteiger partial charge on any atom is -0.493 e. The van der Waals surface area contributed by atoms with E-state index in [2.05, 4.69) is 41.7 Å². The lowest BCUT2D eigenvalue weighted by Crippen LogP contribution is -2.32. The molecule has 5 aromatic carbocycles. The summed E-state index contributed by atoms with van der Waals surface area (Å²) < 4.78 is 11.4. The molecule has 4 atom stereocenters. The first-order valence-corrected chi connectivity index (χ1v) is 23.7. The number of nitrogens with one attached hydrogen (secondary N) is 4. The Labute approximate surface area is 428 Å². The van der Waals surface area contributed by atoms with Gasteiger partial charge in [-0.1, -0.05) is 35.3 Å². The third-order valence-corrected chi connectivity index (χ3v) is 11.4. The molecular formula is C49H47Cl5N8O8. The van der Waals surface area contributed by atoms with Crippen LogP contribution >= 0.6 is 58.0 Å². The average molecular weight is 1050 g/mol. The van der Waals surface area contributed by atoms with E-state index in [0.29, 0.717) is 52.8 Å². The van der Waals surface area contributed by atoms with E-state index in [1.807, 2.05) is 13.8 Å². The molecule has 0 spiro atoms. The highest BCUT2D eigenvalue weighted by molar-refractivity contribution is 6.35. The molecule has 0 heterocycles. The van der Waals surface area contributed by atoms with E-state index in [-0.39, 0.29) is 49.8 Å². The SMILES string of the molecule is CCOc1cccc(NC(=O)c2cc(N=NC(C(C)=O)C(=O)Nc3ccc(NC(=O)C(N=Nc4ccc(Cl)c(C(=O)Nc5cccc(OCC)c5C(C)Cl)c4)C(C)=O)c(CCl)c3)ccc2Cl)c1C(C)Cl. The quantitative estimate of drug-likeness (QED) is 0.0314. The van der Waals surface area contributed by atoms with E-state index in [4.69, 9.17) is 67.5 Å². The number of rotatable bonds is 21. The minimum atomic E-state index is -1.62. The number of halogens is 5. The van der Waals surface area contributed by atoms with Crippen molar-refractivity contribution in [3.63, 3.8) is 0 Å². The van der Waals surface area contributed by atoms with E-state index in [1.165, 1.54) is 54.6 Å². The van der Waals surface area contributed by atoms with Gasteiger partial charge in [-0.3, -0.25) is 28.8 Å². The number of benzene rings is 5. The highest BCUT2D eigenvalue weighted by Crippen LogP contribution is 2.38. The molecule has 21 heteroatoms. The van der Waals surface area contributed by atoms with Gasteiger partial charge in [0.2, 0.25) is 12.1 Å². The number of carbonyl (C=O) groups is 6. The van der Waals surface area contributed by atoms with Crippen molar-refractivity contribution in [1.82, 2.24) is 0 Å². The Morgan fingerprint density at radius 1 is 0.571 bits per heavy atom. The standard InChI is InChI=1S/C49H47Cl5N8O8/c1-7-69-40-13-9-11-38(42(40)25(3)51)57-46(65)33-22-31(15-18-35(33)53)59-61-44(27(5)63)48(67)55-30-17-20-37(29(21-30)24-50)56-49(68)45(28(6)64)62-60-32-16-19-36(54)34(23-32)47(66)58-39-12-10-14-41(70-8-2)43(39)26(4)52/h9-23,25-26,44-45H,7-8,24H2,1-6H3,(H,55,67)(H,56,68)(H,57,65)(H,58,66). The highest BCUT2D eigenvalue weighted by Gasteiger charge is 2.27. The van der Waals surface area contributed by atoms with Crippen LogP contribution in [0.1, 0.15) is 89.7 Å². The fourth-order valence-electron chi connectivity index (χ4n) is 6.77. The fourth-order valence-corrected chi connectivity index (χ4v) is 7.85. The maximum Gasteiger partial charge on any atom is 0.258 e. The van der Waals surface area contributed by atoms with Crippen molar-refractivity contribution in [1.29, 1.82) is 0 Å². The van der Waals surface area contributed by atoms with E-state index in [1.54, 1.807) is 50.2 Å². The topological polar surface area (TPSA) is 218 Å². The van der Waals surface area contributed by atoms with Crippen molar-refractivity contribution in [3.8, 4) is 11.5 Å². The first-order chi connectivity index (χ1) is 33.4. The summed E-state index contributed by atoms with van der Waals surface area (Å²) in [6.45, 7) is 10.2. The van der Waals surface area contributed by atoms with E-state index in [9.17, 15) is 28.8 Å². The van der Waals surface area contributed by atoms with Gasteiger partial charge in [-0.15, -0.1) is 34.8 Å². The molecule has 4 unspecified atom stereocenters. The maximum absolute atomic E-state index is 13.5. The van der Waals surface area contributed by atoms with Crippen LogP contribution in [-0.2, 0) is 25.1 Å². The summed E-state index contributed by atoms with van der Waals surface area (Å²) in [6.07, 6.45) is 0. The van der Waals surface area contributed by atoms with Crippen molar-refractivity contribution in [3.05, 3.63) is 129 Å². The number of azo groups is 2. The Hall–Kier alpha value is -6.43. The van der Waals surface area contributed by atoms with Gasteiger partial charge in [0.15, 0.2) is 11.6 Å². The number of alkyl halides is 3. The smallest absolute Gasteiger partial charge is 0.258 e. The molecule has 0 aliphatic heterocycles. The molecule has 366 valence electrons. The summed E-state index contributed by atoms with van der Waals surface area (Å²) in [6, 6.07) is 19.8. The Morgan fingerprint density at radius 2 is 1.01 bits per heavy atom. The molecule has 0 saturated carbocycles. The van der Waals surface area contributed by atoms with Crippen LogP contribution in [0.5, 0.6) is 11.5 Å². The second-order valence-corrected chi connectivity index (χ2v) is 17.6. The number of ether oxygens (including phenoxy) is 2. The van der Waals surface area contributed by atoms with Crippen molar-refractivity contribution in [2.24, 2.45) is 20.5 Å². The van der Waals surface area contributed by atoms with Crippen molar-refractivity contribution in [2.45, 2.75) is 70.3 Å². The number of Topliss-reactive ketones (excluding diaryl/α,β-unsaturated/α-hetero) is 2. The molecule has 0 fully saturated rings. The van der Waals surface area contributed by atoms with E-state index < -0.39 is 58.0 Å². The van der Waals surface area contributed by atoms with E-state index >= 15 is 0 Å². The number of hydrogen-bond donors (Lipinski definition) is 4. The van der Waals surface area contributed by atoms with Gasteiger partial charge in [0.1, 0.15) is 11.5 Å². The van der Waals surface area contributed by atoms with Gasteiger partial charge in [0.05, 0.1) is 56.5 Å². The van der Waals surface area contributed by atoms with Crippen LogP contribution in [0.3, 0.4) is 0 Å². The maximum atomic E-state index is 13.5. The van der Waals surface area contributed by atoms with Gasteiger partial charge >= 0.3 is 0 Å². The molecule has 4 N–H and O–H groups in total. The summed E-state index contributed by atoms with van der Waals surface area (Å²) in [7, 11) is 0. The second kappa shape index (κ2) is 25.4. The zero-order valence-electron chi connectivity index (χ0n) is 38.5. The number of amides is 4. The summed E-state index contributed by atoms with van der Waals surface area (Å²) in [5.74, 6) is -3.29. The van der Waals surface area contributed by atoms with Gasteiger partial charge in [0, 0.05) is 39.8 Å². The molecule has 0 saturated heterocycles. The molecule has 5 aromatic rings. The molecule has 0 aromatic heterocycles. The second-order valence-electron chi connectivity index (χ2n) is 15.2. The number of carbonyl (C=O) groups excluding carboxylic acids is 6. The highest BCUT2D eigenvalue weighted by atomic mass is 35.5. The normalized spacial score (nSPS) is 13.0. The molecular weight excluding hydrogens is 1010 g/mol. The van der Waals surface area contributed by atoms with Gasteiger partial charge < -0.3 is 30.7 Å². The number of ketones is 2. The fraction of sp³-hybridized carbons (Fsp3) is 0.265. The van der Waals surface area contributed by atoms with Crippen LogP contribution in [-0.4, -0.2) is 60.5 Å². The van der Waals surface area contributed by atoms with Gasteiger partial charge in [0.25, 0.3) is 23.6 Å². The van der Waals surface area contributed by atoms with E-state index in [0.717, 1.165) is 13.8 Å². The predicted octanol–water partition coefficient (Wildman–Crippen LogP) is 13.0. The van der Waals surface area contributed by atoms with Gasteiger partial charge in [-0.2, -0.15) is 20.5 Å². The molecule has 0 bridgehead atoms. The molecule has 0 aliphatic carbocycles. The van der Waals surface area contributed by atoms with Crippen LogP contribution in [0.25, 0.3) is 0 Å². The first-order valence-electron chi connectivity index (χ1n) is 21.5. The van der Waals surface area contributed by atoms with Crippen molar-refractivity contribution in [2.75, 3.05) is 34.5 Å². The van der Waals surface area contributed by atoms with Crippen LogP contribution in [0.2, 0.25) is 10.0 Å². The monoisotopic (exact) mass is 1050 g/mol. The lowest BCUT2D eigenvalue weighted by atomic mass is 10.1. The lowest BCUT2D eigenvalue weighted by molar-refractivity contribution is -0.127. The number of hydrogen-bond acceptors (Lipinski definition) is 12. The number of anilines is 4. The van der Waals surface area contributed by atoms with Crippen LogP contribution in [0.15, 0.2) is 111 Å². The summed E-state index contributed by atoms with van der Waals surface area (Å²) in [4.78, 5) is 79.2. The third kappa shape index (κ3) is 14.1. The number of nitrogens with zero attached hydrogens (tertiary/aromatic N) is 4. The van der Waals surface area contributed by atoms with Crippen LogP contribution in [0, 0.1) is 0 Å². The zero-order chi connectivity index (χ0) is 51.2. The Kier molecular flexibility index (Phi) is 19.8. The minimum absolute atomic E-state index is 0.0310. The lowest BCUT2D eigenvalue weighted by Gasteiger charge is -2.17. The van der Waals surface area contributed by atoms with Gasteiger partial charge in [-0.05, 0) is 126 Å². The largest absolute Gasteiger partial charge is 0.493 e. The zero-order valence-corrected chi connectivity index (χ0v) is 42.3. The molecule has 0 radical (unpaired) electrons. The summed E-state index contributed by atoms with van der Waals surface area (Å²) >= 11 is 31.9. The van der Waals surface area contributed by atoms with Crippen LogP contribution < -0.4 is 30.7 Å². The third-order valence-electron chi connectivity index (χ3n) is 10.0.